The van der Waals surface area contributed by atoms with Crippen molar-refractivity contribution in [1.29, 1.82) is 0 Å². The van der Waals surface area contributed by atoms with Gasteiger partial charge in [-0.3, -0.25) is 19.2 Å². The predicted octanol–water partition coefficient (Wildman–Crippen LogP) is 13.9. The molecule has 4 aliphatic heterocycles. The van der Waals surface area contributed by atoms with Crippen LogP contribution in [0.3, 0.4) is 0 Å². The number of nitrogens with one attached hydrogen (secondary N) is 1. The minimum absolute atomic E-state index is 0.00670. The summed E-state index contributed by atoms with van der Waals surface area (Å²) >= 11 is 0. The third kappa shape index (κ3) is 19.8. The van der Waals surface area contributed by atoms with E-state index < -0.39 is 129 Å². The van der Waals surface area contributed by atoms with Gasteiger partial charge >= 0.3 is 36.7 Å². The second kappa shape index (κ2) is 32.3. The quantitative estimate of drug-likeness (QED) is 0.0722. The van der Waals surface area contributed by atoms with E-state index in [2.05, 4.69) is 10.1 Å². The number of halogens is 6. The molecule has 0 aliphatic carbocycles. The molecule has 0 aromatic heterocycles. The van der Waals surface area contributed by atoms with Crippen LogP contribution >= 0.6 is 0 Å². The van der Waals surface area contributed by atoms with Crippen molar-refractivity contribution in [2.45, 2.75) is 208 Å². The van der Waals surface area contributed by atoms with E-state index in [9.17, 15) is 64.7 Å². The van der Waals surface area contributed by atoms with Crippen LogP contribution in [0.2, 0.25) is 0 Å². The minimum Gasteiger partial charge on any atom is -0.476 e. The molecule has 101 heavy (non-hydrogen) atoms. The lowest BCUT2D eigenvalue weighted by atomic mass is 9.94. The topological polar surface area (TPSA) is 227 Å². The number of ether oxygens (including phenoxy) is 6. The van der Waals surface area contributed by atoms with Crippen molar-refractivity contribution >= 4 is 59.4 Å². The highest BCUT2D eigenvalue weighted by atomic mass is 19.4. The van der Waals surface area contributed by atoms with Gasteiger partial charge in [-0.05, 0) is 157 Å². The first-order chi connectivity index (χ1) is 47.1. The lowest BCUT2D eigenvalue weighted by molar-refractivity contribution is -0.139. The number of carbonyl (C=O) groups is 8. The molecule has 2 saturated heterocycles. The normalized spacial score (nSPS) is 19.4. The molecular formula is C73H96F6N8O14. The molecule has 4 aromatic carbocycles. The van der Waals surface area contributed by atoms with Crippen LogP contribution in [-0.4, -0.2) is 179 Å². The second-order valence-electron chi connectivity index (χ2n) is 28.4. The van der Waals surface area contributed by atoms with Crippen LogP contribution in [0.5, 0.6) is 11.5 Å². The van der Waals surface area contributed by atoms with Gasteiger partial charge in [-0.15, -0.1) is 0 Å². The molecule has 8 rings (SSSR count). The molecule has 22 nitrogen and oxygen atoms in total. The Morgan fingerprint density at radius 3 is 1.40 bits per heavy atom. The zero-order valence-electron chi connectivity index (χ0n) is 60.3. The molecule has 4 atom stereocenters. The number of methoxy groups -OCH3 is 1. The van der Waals surface area contributed by atoms with Crippen molar-refractivity contribution in [3.05, 3.63) is 118 Å². The predicted molar refractivity (Wildman–Crippen MR) is 364 cm³/mol. The molecule has 2 fully saturated rings. The molecule has 554 valence electrons. The van der Waals surface area contributed by atoms with E-state index in [0.717, 1.165) is 35.4 Å². The Balaban J connectivity index is 0.000000293. The number of piperidine rings is 2. The standard InChI is InChI=1S/C43H53F3N4O7.C30H43F3N4O7/c1-8-42(7)38(52)49(23-22-48(26-30-16-11-9-12-17-30)39(53)55-28-31-18-13-10-14-19-31)35-24-33(34(43(44,45)46)25-36(35)56-42)37(51)50(29(2)3)32-20-15-21-47(27-32)40(54)57-41(4,5)6;1-9-29(7)25(39)36(14-12-34-26(40)42-8)22-15-20(21(30(31,32)33)16-23(22)43-29)24(38)37(18(2)3)19-11-10-13-35(17-19)27(41)44-28(4,5)6/h9-14,16-19,24-25,29,32H,8,15,20-23,26-28H2,1-7H3;15-16,18-19H,9-14,17H2,1-8H3,(H,34,40)/t32-,42?;19-,29?/m11/s1. The van der Waals surface area contributed by atoms with Gasteiger partial charge in [0, 0.05) is 71.0 Å². The Bertz CT molecular complexity index is 3620. The highest BCUT2D eigenvalue weighted by Crippen LogP contribution is 2.48. The number of anilines is 2. The number of fused-ring (bicyclic) bond motifs is 2. The van der Waals surface area contributed by atoms with E-state index in [4.69, 9.17) is 23.7 Å². The van der Waals surface area contributed by atoms with E-state index >= 15 is 0 Å². The van der Waals surface area contributed by atoms with Gasteiger partial charge in [-0.25, -0.2) is 19.2 Å². The number of likely N-dealkylation sites (tertiary alicyclic amines) is 2. The molecule has 0 saturated carbocycles. The Morgan fingerprint density at radius 1 is 0.614 bits per heavy atom. The number of amides is 8. The molecule has 1 N–H and O–H groups in total. The summed E-state index contributed by atoms with van der Waals surface area (Å²) in [4.78, 5) is 117. The summed E-state index contributed by atoms with van der Waals surface area (Å²) in [5.74, 6) is -3.28. The summed E-state index contributed by atoms with van der Waals surface area (Å²) in [5.41, 5.74) is -6.69. The molecule has 4 aromatic rings. The summed E-state index contributed by atoms with van der Waals surface area (Å²) < 4.78 is 122. The highest BCUT2D eigenvalue weighted by Gasteiger charge is 2.50. The van der Waals surface area contributed by atoms with Crippen molar-refractivity contribution in [2.75, 3.05) is 69.3 Å². The van der Waals surface area contributed by atoms with Crippen LogP contribution in [0.25, 0.3) is 0 Å². The summed E-state index contributed by atoms with van der Waals surface area (Å²) in [6, 6.07) is 19.7. The largest absolute Gasteiger partial charge is 0.476 e. The highest BCUT2D eigenvalue weighted by molar-refractivity contribution is 6.07. The fourth-order valence-electron chi connectivity index (χ4n) is 12.5. The maximum Gasteiger partial charge on any atom is 0.417 e. The first-order valence-corrected chi connectivity index (χ1v) is 34.1. The van der Waals surface area contributed by atoms with Gasteiger partial charge in [-0.2, -0.15) is 26.3 Å². The number of benzene rings is 4. The van der Waals surface area contributed by atoms with Crippen LogP contribution in [0.1, 0.15) is 178 Å². The van der Waals surface area contributed by atoms with Gasteiger partial charge in [0.05, 0.1) is 52.8 Å². The monoisotopic (exact) mass is 1420 g/mol. The molecule has 2 unspecified atom stereocenters. The average Bonchev–Trinajstić information content (AvgIpc) is 0.748. The van der Waals surface area contributed by atoms with E-state index in [1.807, 2.05) is 60.7 Å². The van der Waals surface area contributed by atoms with Gasteiger partial charge in [0.25, 0.3) is 23.6 Å². The SMILES string of the molecule is CCC1(C)Oc2cc(C(F)(F)F)c(C(=O)N(C(C)C)[C@@H]3CCCN(C(=O)OC(C)(C)C)C3)cc2N(CCN(Cc2ccccc2)C(=O)OCc2ccccc2)C1=O.CCC1(C)Oc2cc(C(F)(F)F)c(C(=O)N(C(C)C)[C@@H]3CCCN(C(=O)OC(C)(C)C)C3)cc2N(CCNC(=O)OC)C1=O. The zero-order valence-corrected chi connectivity index (χ0v) is 60.3. The summed E-state index contributed by atoms with van der Waals surface area (Å²) in [7, 11) is 1.18. The van der Waals surface area contributed by atoms with Crippen LogP contribution < -0.4 is 24.6 Å². The fraction of sp³-hybridized carbons (Fsp3) is 0.562. The van der Waals surface area contributed by atoms with Gasteiger partial charge < -0.3 is 68.0 Å². The fourth-order valence-corrected chi connectivity index (χ4v) is 12.5. The molecule has 8 amide bonds. The van der Waals surface area contributed by atoms with Gasteiger partial charge in [0.2, 0.25) is 0 Å². The number of hydrogen-bond donors (Lipinski definition) is 1. The van der Waals surface area contributed by atoms with Gasteiger partial charge in [-0.1, -0.05) is 74.5 Å². The van der Waals surface area contributed by atoms with E-state index in [1.165, 1.54) is 55.3 Å². The van der Waals surface area contributed by atoms with E-state index in [1.54, 1.807) is 83.1 Å². The number of nitrogens with zero attached hydrogens (tertiary/aromatic N) is 7. The van der Waals surface area contributed by atoms with Gasteiger partial charge in [0.1, 0.15) is 29.3 Å². The molecular weight excluding hydrogens is 1330 g/mol. The third-order valence-corrected chi connectivity index (χ3v) is 17.8. The number of alkyl halides is 6. The molecule has 28 heteroatoms. The summed E-state index contributed by atoms with van der Waals surface area (Å²) in [6.07, 6.45) is -10.2. The Morgan fingerprint density at radius 2 is 1.02 bits per heavy atom. The Hall–Kier alpha value is -8.98. The molecule has 0 radical (unpaired) electrons. The van der Waals surface area contributed by atoms with Gasteiger partial charge in [0.15, 0.2) is 11.2 Å². The summed E-state index contributed by atoms with van der Waals surface area (Å²) in [5, 5.41) is 2.46. The van der Waals surface area contributed by atoms with Crippen molar-refractivity contribution < 1.29 is 93.1 Å². The van der Waals surface area contributed by atoms with Crippen molar-refractivity contribution in [3.8, 4) is 11.5 Å². The first-order valence-electron chi connectivity index (χ1n) is 34.1. The second-order valence-corrected chi connectivity index (χ2v) is 28.4. The summed E-state index contributed by atoms with van der Waals surface area (Å²) in [6.45, 7) is 24.3. The van der Waals surface area contributed by atoms with Crippen molar-refractivity contribution in [1.82, 2.24) is 29.8 Å². The number of hydrogen-bond acceptors (Lipinski definition) is 14. The lowest BCUT2D eigenvalue weighted by Crippen LogP contribution is -2.56. The molecule has 0 spiro atoms. The molecule has 0 bridgehead atoms. The number of carbonyl (C=O) groups excluding carboxylic acids is 8. The van der Waals surface area contributed by atoms with E-state index in [0.29, 0.717) is 38.8 Å². The maximum atomic E-state index is 15.0. The average molecular weight is 1420 g/mol. The van der Waals surface area contributed by atoms with Crippen LogP contribution in [0, 0.1) is 0 Å². The number of alkyl carbamates (subject to hydrolysis) is 1. The smallest absolute Gasteiger partial charge is 0.417 e. The minimum atomic E-state index is -4.97. The van der Waals surface area contributed by atoms with Crippen molar-refractivity contribution in [2.24, 2.45) is 0 Å². The zero-order chi connectivity index (χ0) is 74.9. The van der Waals surface area contributed by atoms with Crippen LogP contribution in [-0.2, 0) is 54.0 Å². The molecule has 4 aliphatic rings. The van der Waals surface area contributed by atoms with E-state index in [-0.39, 0.29) is 88.1 Å². The first kappa shape index (κ1) is 79.3. The maximum absolute atomic E-state index is 15.0. The van der Waals surface area contributed by atoms with Crippen LogP contribution in [0.15, 0.2) is 84.9 Å². The van der Waals surface area contributed by atoms with Crippen LogP contribution in [0.4, 0.5) is 56.9 Å². The van der Waals surface area contributed by atoms with Crippen molar-refractivity contribution in [3.63, 3.8) is 0 Å². The Labute approximate surface area is 586 Å². The number of rotatable bonds is 18. The third-order valence-electron chi connectivity index (χ3n) is 17.8. The lowest BCUT2D eigenvalue weighted by Gasteiger charge is -2.43. The molecule has 4 heterocycles. The Kier molecular flexibility index (Phi) is 25.4.